The van der Waals surface area contributed by atoms with E-state index in [1.165, 1.54) is 30.7 Å². The highest BCUT2D eigenvalue weighted by Gasteiger charge is 2.74. The van der Waals surface area contributed by atoms with Gasteiger partial charge in [-0.3, -0.25) is 42.8 Å². The van der Waals surface area contributed by atoms with Crippen molar-refractivity contribution in [3.63, 3.8) is 0 Å². The number of nitrogens with one attached hydrogen (secondary N) is 3. The largest absolute Gasteiger partial charge is 0.475 e. The number of amides is 2. The summed E-state index contributed by atoms with van der Waals surface area (Å²) in [7, 11) is -6.10. The number of fused-ring (bicyclic) bond motifs is 3. The minimum Gasteiger partial charge on any atom is -0.411 e. The molecule has 364 valence electrons. The molecule has 10 atom stereocenters. The van der Waals surface area contributed by atoms with Gasteiger partial charge in [0.1, 0.15) is 37.4 Å². The molecule has 0 radical (unpaired) electrons. The molecule has 5 N–H and O–H groups in total. The standard InChI is InChI=1S/C43H56N11O12PSi/c1-23(2)37(57)51-41-50-36-28(39(59)52-41)48-22-54(36)40-30(56)31(61-7)26(64-40)18-63-67(60,62-16-15-44-6)65-32-29(25-17-43(25,19-55)33(32)66-68(8,9)42(3,4)5)53-21-47-27-34(45-20-46-35(27)53)49-38(58)24-13-11-10-12-14-24/h10-14,20-23,25-26,29-33,40,55-56H,15-19H2,1-5,7-9H3,(H,45,46,49,58)(H2,50,51,52,57,59)/t25-,26-,29-,30-,31-,32+,33+,40-,43?,67?/m1/s1. The lowest BCUT2D eigenvalue weighted by molar-refractivity contribution is -0.118. The number of aromatic nitrogens is 8. The molecule has 3 fully saturated rings. The highest BCUT2D eigenvalue weighted by Crippen LogP contribution is 2.72. The third kappa shape index (κ3) is 9.15. The van der Waals surface area contributed by atoms with Gasteiger partial charge in [0, 0.05) is 24.0 Å². The van der Waals surface area contributed by atoms with E-state index in [1.54, 1.807) is 48.7 Å². The molecule has 1 aromatic carbocycles. The molecule has 2 unspecified atom stereocenters. The first kappa shape index (κ1) is 49.1. The van der Waals surface area contributed by atoms with E-state index in [9.17, 15) is 24.6 Å². The summed E-state index contributed by atoms with van der Waals surface area (Å²) < 4.78 is 56.1. The number of carbonyl (C=O) groups is 2. The summed E-state index contributed by atoms with van der Waals surface area (Å²) in [5.74, 6) is -1.51. The molecule has 3 aliphatic rings. The second kappa shape index (κ2) is 18.9. The van der Waals surface area contributed by atoms with Crippen LogP contribution < -0.4 is 16.2 Å². The van der Waals surface area contributed by atoms with E-state index in [2.05, 4.69) is 79.2 Å². The quantitative estimate of drug-likeness (QED) is 0.0350. The summed E-state index contributed by atoms with van der Waals surface area (Å²) in [4.78, 5) is 66.6. The highest BCUT2D eigenvalue weighted by atomic mass is 31.2. The Morgan fingerprint density at radius 1 is 1.06 bits per heavy atom. The predicted octanol–water partition coefficient (Wildman–Crippen LogP) is 4.47. The van der Waals surface area contributed by atoms with Crippen LogP contribution in [0.5, 0.6) is 0 Å². The summed E-state index contributed by atoms with van der Waals surface area (Å²) in [5, 5.41) is 27.9. The summed E-state index contributed by atoms with van der Waals surface area (Å²) in [6.45, 7) is 19.7. The van der Waals surface area contributed by atoms with Crippen LogP contribution in [0, 0.1) is 23.8 Å². The molecule has 2 amide bonds. The SMILES string of the molecule is [C-]#[N+]CCOP(=O)(OC[C@H]1O[C@@H](n2cnc3c(=O)[nH]c(NC(=O)C(C)C)nc32)[C@H](O)[C@@H]1OC)O[C@H]1[C@H](n2cnc3c(NC(=O)c4ccccc4)ncnc32)[C@H]2CC2(CO)[C@H]1O[Si](C)(C)C(C)(C)C. The van der Waals surface area contributed by atoms with Gasteiger partial charge in [0.15, 0.2) is 42.7 Å². The van der Waals surface area contributed by atoms with Crippen LogP contribution in [-0.2, 0) is 36.8 Å². The van der Waals surface area contributed by atoms with Gasteiger partial charge in [0.25, 0.3) is 11.5 Å². The van der Waals surface area contributed by atoms with Crippen molar-refractivity contribution in [3.8, 4) is 0 Å². The lowest BCUT2D eigenvalue weighted by atomic mass is 10.0. The Labute approximate surface area is 391 Å². The van der Waals surface area contributed by atoms with Crippen molar-refractivity contribution in [2.75, 3.05) is 44.1 Å². The Balaban J connectivity index is 1.12. The minimum absolute atomic E-state index is 0.0100. The van der Waals surface area contributed by atoms with Crippen LogP contribution in [0.1, 0.15) is 63.7 Å². The van der Waals surface area contributed by atoms with Crippen LogP contribution in [0.2, 0.25) is 18.1 Å². The smallest absolute Gasteiger partial charge is 0.411 e. The molecule has 1 aliphatic heterocycles. The van der Waals surface area contributed by atoms with E-state index < -0.39 is 94.2 Å². The zero-order chi connectivity index (χ0) is 48.9. The molecular weight excluding hydrogens is 922 g/mol. The molecule has 2 saturated carbocycles. The zero-order valence-corrected chi connectivity index (χ0v) is 40.7. The van der Waals surface area contributed by atoms with Crippen molar-refractivity contribution >= 4 is 62.0 Å². The number of phosphoric ester groups is 1. The molecule has 0 spiro atoms. The number of rotatable bonds is 18. The van der Waals surface area contributed by atoms with Gasteiger partial charge in [-0.05, 0) is 42.6 Å². The Hall–Kier alpha value is -5.32. The molecule has 23 nitrogen and oxygen atoms in total. The van der Waals surface area contributed by atoms with E-state index in [1.807, 2.05) is 0 Å². The fraction of sp³-hybridized carbons (Fsp3) is 0.558. The molecule has 0 bridgehead atoms. The number of imidazole rings is 2. The summed E-state index contributed by atoms with van der Waals surface area (Å²) >= 11 is 0. The average Bonchev–Trinajstić information content (AvgIpc) is 3.56. The fourth-order valence-corrected chi connectivity index (χ4v) is 11.4. The van der Waals surface area contributed by atoms with E-state index >= 15 is 4.57 Å². The van der Waals surface area contributed by atoms with Crippen molar-refractivity contribution in [2.45, 2.75) is 102 Å². The number of nitrogens with zero attached hydrogens (tertiary/aromatic N) is 8. The number of aromatic amines is 1. The van der Waals surface area contributed by atoms with E-state index in [-0.39, 0.29) is 59.2 Å². The molecule has 5 aromatic rings. The Kier molecular flexibility index (Phi) is 13.6. The van der Waals surface area contributed by atoms with Crippen LogP contribution in [-0.4, -0.2) is 133 Å². The van der Waals surface area contributed by atoms with E-state index in [0.29, 0.717) is 17.6 Å². The number of hydrogen-bond acceptors (Lipinski definition) is 17. The number of methoxy groups -OCH3 is 1. The fourth-order valence-electron chi connectivity index (χ4n) is 8.64. The highest BCUT2D eigenvalue weighted by molar-refractivity contribution is 7.48. The van der Waals surface area contributed by atoms with Gasteiger partial charge < -0.3 is 38.8 Å². The van der Waals surface area contributed by atoms with Crippen molar-refractivity contribution in [3.05, 3.63) is 76.6 Å². The molecule has 4 aromatic heterocycles. The number of benzene rings is 1. The van der Waals surface area contributed by atoms with Crippen molar-refractivity contribution in [1.29, 1.82) is 0 Å². The van der Waals surface area contributed by atoms with Gasteiger partial charge in [0.2, 0.25) is 18.4 Å². The van der Waals surface area contributed by atoms with Crippen LogP contribution in [0.4, 0.5) is 11.8 Å². The molecule has 5 heterocycles. The molecular formula is C43H56N11O12PSi. The molecule has 1 saturated heterocycles. The first-order chi connectivity index (χ1) is 32.3. The normalized spacial score (nSPS) is 26.7. The summed E-state index contributed by atoms with van der Waals surface area (Å²) in [6.07, 6.45) is -2.34. The first-order valence-corrected chi connectivity index (χ1v) is 26.5. The third-order valence-electron chi connectivity index (χ3n) is 13.4. The number of carbonyl (C=O) groups excluding carboxylic acids is 2. The van der Waals surface area contributed by atoms with Crippen molar-refractivity contribution in [2.24, 2.45) is 17.3 Å². The average molecular weight is 978 g/mol. The lowest BCUT2D eigenvalue weighted by Crippen LogP contribution is -2.50. The van der Waals surface area contributed by atoms with Crippen LogP contribution in [0.15, 0.2) is 54.1 Å². The zero-order valence-electron chi connectivity index (χ0n) is 38.9. The van der Waals surface area contributed by atoms with Crippen LogP contribution >= 0.6 is 7.82 Å². The van der Waals surface area contributed by atoms with Crippen LogP contribution in [0.25, 0.3) is 27.2 Å². The topological polar surface area (TPSA) is 283 Å². The monoisotopic (exact) mass is 977 g/mol. The summed E-state index contributed by atoms with van der Waals surface area (Å²) in [5.41, 5.74) is -0.606. The molecule has 25 heteroatoms. The molecule has 8 rings (SSSR count). The lowest BCUT2D eigenvalue weighted by Gasteiger charge is -2.43. The van der Waals surface area contributed by atoms with Gasteiger partial charge in [0.05, 0.1) is 38.0 Å². The molecule has 2 aliphatic carbocycles. The number of H-pyrrole nitrogens is 1. The maximum absolute atomic E-state index is 15.3. The number of ether oxygens (including phenoxy) is 2. The number of aliphatic hydroxyl groups is 2. The van der Waals surface area contributed by atoms with Gasteiger partial charge >= 0.3 is 7.82 Å². The third-order valence-corrected chi connectivity index (χ3v) is 19.3. The minimum atomic E-state index is -4.76. The molecule has 68 heavy (non-hydrogen) atoms. The summed E-state index contributed by atoms with van der Waals surface area (Å²) in [6, 6.07) is 7.88. The number of anilines is 2. The van der Waals surface area contributed by atoms with Crippen molar-refractivity contribution in [1.82, 2.24) is 39.0 Å². The predicted molar refractivity (Wildman–Crippen MR) is 247 cm³/mol. The number of aliphatic hydroxyl groups excluding tert-OH is 2. The number of hydrogen-bond donors (Lipinski definition) is 5. The second-order valence-corrected chi connectivity index (χ2v) is 25.4. The number of phosphoric acid groups is 1. The Morgan fingerprint density at radius 3 is 2.46 bits per heavy atom. The van der Waals surface area contributed by atoms with E-state index in [0.717, 1.165) is 0 Å². The van der Waals surface area contributed by atoms with Gasteiger partial charge in [-0.1, -0.05) is 52.8 Å². The second-order valence-electron chi connectivity index (χ2n) is 19.0. The Bertz CT molecular complexity index is 2830. The van der Waals surface area contributed by atoms with Gasteiger partial charge in [-0.15, -0.1) is 0 Å². The van der Waals surface area contributed by atoms with E-state index in [4.69, 9.17) is 34.0 Å². The first-order valence-electron chi connectivity index (χ1n) is 22.1. The maximum Gasteiger partial charge on any atom is 0.475 e. The van der Waals surface area contributed by atoms with Gasteiger partial charge in [-0.25, -0.2) is 31.1 Å². The maximum atomic E-state index is 15.3. The van der Waals surface area contributed by atoms with Crippen molar-refractivity contribution < 1.29 is 51.8 Å². The van der Waals surface area contributed by atoms with Crippen LogP contribution in [0.3, 0.4) is 0 Å². The van der Waals surface area contributed by atoms with Gasteiger partial charge in [-0.2, -0.15) is 4.98 Å². The Morgan fingerprint density at radius 2 is 1.78 bits per heavy atom.